The number of benzene rings is 2. The van der Waals surface area contributed by atoms with Crippen molar-refractivity contribution in [2.75, 3.05) is 25.5 Å². The van der Waals surface area contributed by atoms with Gasteiger partial charge in [-0.3, -0.25) is 4.79 Å². The Morgan fingerprint density at radius 3 is 2.63 bits per heavy atom. The third kappa shape index (κ3) is 5.75. The normalized spacial score (nSPS) is 15.0. The lowest BCUT2D eigenvalue weighted by molar-refractivity contribution is -0.132. The molecule has 0 spiro atoms. The predicted molar refractivity (Wildman–Crippen MR) is 139 cm³/mol. The molecule has 196 valence electrons. The molecule has 1 saturated heterocycles. The number of amides is 1. The van der Waals surface area contributed by atoms with Crippen LogP contribution in [0.25, 0.3) is 11.5 Å². The highest BCUT2D eigenvalue weighted by atomic mass is 32.1. The number of rotatable bonds is 9. The summed E-state index contributed by atoms with van der Waals surface area (Å²) < 4.78 is 22.6. The molecule has 1 fully saturated rings. The maximum atomic E-state index is 12.4. The van der Waals surface area contributed by atoms with Crippen LogP contribution in [-0.2, 0) is 9.53 Å². The number of hydrogen-bond acceptors (Lipinski definition) is 11. The zero-order valence-electron chi connectivity index (χ0n) is 21.0. The Morgan fingerprint density at radius 2 is 1.95 bits per heavy atom. The summed E-state index contributed by atoms with van der Waals surface area (Å²) >= 11 is 1.26. The summed E-state index contributed by atoms with van der Waals surface area (Å²) in [4.78, 5) is 30.4. The van der Waals surface area contributed by atoms with E-state index in [1.54, 1.807) is 61.5 Å². The molecule has 2 aromatic carbocycles. The number of ether oxygens (including phenoxy) is 3. The zero-order chi connectivity index (χ0) is 26.6. The Labute approximate surface area is 222 Å². The number of aryl methyl sites for hydroxylation is 1. The fourth-order valence-electron chi connectivity index (χ4n) is 3.80. The lowest BCUT2D eigenvalue weighted by atomic mass is 10.2. The number of thiazole rings is 1. The average molecular weight is 536 g/mol. The van der Waals surface area contributed by atoms with Crippen molar-refractivity contribution in [1.82, 2.24) is 20.1 Å². The molecule has 3 heterocycles. The van der Waals surface area contributed by atoms with E-state index in [1.807, 2.05) is 12.1 Å². The van der Waals surface area contributed by atoms with Crippen molar-refractivity contribution in [3.8, 4) is 28.7 Å². The number of esters is 1. The molecule has 1 aliphatic rings. The summed E-state index contributed by atoms with van der Waals surface area (Å²) in [5, 5.41) is 13.2. The molecule has 0 bridgehead atoms. The van der Waals surface area contributed by atoms with Crippen LogP contribution in [-0.4, -0.2) is 58.3 Å². The van der Waals surface area contributed by atoms with Crippen LogP contribution >= 0.6 is 11.3 Å². The average Bonchev–Trinajstić information content (AvgIpc) is 3.62. The quantitative estimate of drug-likeness (QED) is 0.298. The van der Waals surface area contributed by atoms with Crippen LogP contribution in [0.1, 0.15) is 29.7 Å². The van der Waals surface area contributed by atoms with Gasteiger partial charge >= 0.3 is 5.97 Å². The highest BCUT2D eigenvalue weighted by Crippen LogP contribution is 2.34. The van der Waals surface area contributed by atoms with Crippen molar-refractivity contribution in [1.29, 1.82) is 0 Å². The molecule has 0 aliphatic carbocycles. The Hall–Kier alpha value is -4.45. The van der Waals surface area contributed by atoms with Crippen LogP contribution < -0.4 is 14.8 Å². The number of anilines is 2. The topological polar surface area (TPSA) is 129 Å². The van der Waals surface area contributed by atoms with Gasteiger partial charge in [-0.2, -0.15) is 0 Å². The lowest BCUT2D eigenvalue weighted by Crippen LogP contribution is -2.29. The van der Waals surface area contributed by atoms with Gasteiger partial charge in [-0.1, -0.05) is 0 Å². The second-order valence-electron chi connectivity index (χ2n) is 8.48. The van der Waals surface area contributed by atoms with Crippen molar-refractivity contribution >= 4 is 34.0 Å². The summed E-state index contributed by atoms with van der Waals surface area (Å²) in [6.07, 6.45) is 0.0188. The number of carbonyl (C=O) groups excluding carboxylic acids is 2. The van der Waals surface area contributed by atoms with E-state index in [9.17, 15) is 9.59 Å². The predicted octanol–water partition coefficient (Wildman–Crippen LogP) is 4.82. The fourth-order valence-corrected chi connectivity index (χ4v) is 4.50. The molecule has 1 amide bonds. The molecule has 12 heteroatoms. The first-order valence-electron chi connectivity index (χ1n) is 11.9. The smallest absolute Gasteiger partial charge is 0.357 e. The van der Waals surface area contributed by atoms with Gasteiger partial charge in [-0.05, 0) is 31.2 Å². The van der Waals surface area contributed by atoms with Gasteiger partial charge in [0.2, 0.25) is 11.8 Å². The first kappa shape index (κ1) is 25.2. The third-order valence-corrected chi connectivity index (χ3v) is 6.40. The van der Waals surface area contributed by atoms with Crippen molar-refractivity contribution in [3.05, 3.63) is 59.4 Å². The van der Waals surface area contributed by atoms with Crippen LogP contribution in [0.3, 0.4) is 0 Å². The van der Waals surface area contributed by atoms with Gasteiger partial charge in [0.1, 0.15) is 17.2 Å². The number of hydrogen-bond donors (Lipinski definition) is 1. The molecule has 2 aromatic heterocycles. The minimum absolute atomic E-state index is 0.0725. The monoisotopic (exact) mass is 535 g/mol. The van der Waals surface area contributed by atoms with E-state index in [2.05, 4.69) is 20.5 Å². The summed E-state index contributed by atoms with van der Waals surface area (Å²) in [6, 6.07) is 12.5. The molecule has 1 N–H and O–H groups in total. The Bertz CT molecular complexity index is 1450. The molecule has 5 rings (SSSR count). The summed E-state index contributed by atoms with van der Waals surface area (Å²) in [5.41, 5.74) is 1.60. The maximum absolute atomic E-state index is 12.4. The van der Waals surface area contributed by atoms with Crippen molar-refractivity contribution in [2.24, 2.45) is 0 Å². The van der Waals surface area contributed by atoms with Gasteiger partial charge in [0.25, 0.3) is 5.91 Å². The minimum atomic E-state index is -0.574. The molecular formula is C26H25N5O6S. The lowest BCUT2D eigenvalue weighted by Gasteiger charge is -2.16. The van der Waals surface area contributed by atoms with Crippen LogP contribution in [0.2, 0.25) is 0 Å². The van der Waals surface area contributed by atoms with Crippen molar-refractivity contribution in [3.63, 3.8) is 0 Å². The maximum Gasteiger partial charge on any atom is 0.357 e. The van der Waals surface area contributed by atoms with Crippen LogP contribution in [0.5, 0.6) is 17.2 Å². The molecule has 1 unspecified atom stereocenters. The minimum Gasteiger partial charge on any atom is -0.480 e. The standard InChI is InChI=1S/C26H25N5O6S/c1-4-34-25(33)21-14-38-26(28-21)27-17-11-19(13-20(12-17)37-22-9-10-31(3)24(22)32)36-18-7-5-16(6-8-18)23-30-29-15(2)35-23/h5-8,11-14,22H,4,9-10H2,1-3H3,(H,27,28). The van der Waals surface area contributed by atoms with Crippen LogP contribution in [0.4, 0.5) is 10.8 Å². The Balaban J connectivity index is 1.38. The Morgan fingerprint density at radius 1 is 1.16 bits per heavy atom. The summed E-state index contributed by atoms with van der Waals surface area (Å²) in [7, 11) is 1.75. The van der Waals surface area contributed by atoms with Crippen LogP contribution in [0, 0.1) is 6.92 Å². The first-order chi connectivity index (χ1) is 18.4. The fraction of sp³-hybridized carbons (Fsp3) is 0.269. The molecule has 38 heavy (non-hydrogen) atoms. The number of nitrogens with zero attached hydrogens (tertiary/aromatic N) is 4. The first-order valence-corrected chi connectivity index (χ1v) is 12.8. The van der Waals surface area contributed by atoms with Crippen molar-refractivity contribution < 1.29 is 28.2 Å². The number of nitrogens with one attached hydrogen (secondary N) is 1. The van der Waals surface area contributed by atoms with Gasteiger partial charge in [0.15, 0.2) is 16.9 Å². The van der Waals surface area contributed by atoms with Gasteiger partial charge in [-0.25, -0.2) is 9.78 Å². The number of likely N-dealkylation sites (N-methyl/N-ethyl adjacent to an activating group) is 1. The zero-order valence-corrected chi connectivity index (χ0v) is 21.8. The molecule has 11 nitrogen and oxygen atoms in total. The van der Waals surface area contributed by atoms with Gasteiger partial charge in [0.05, 0.1) is 6.61 Å². The van der Waals surface area contributed by atoms with E-state index in [0.29, 0.717) is 52.8 Å². The second-order valence-corrected chi connectivity index (χ2v) is 9.34. The second kappa shape index (κ2) is 10.9. The largest absolute Gasteiger partial charge is 0.480 e. The SMILES string of the molecule is CCOC(=O)c1csc(Nc2cc(Oc3ccc(-c4nnc(C)o4)cc3)cc(OC3CCN(C)C3=O)c2)n1. The van der Waals surface area contributed by atoms with Gasteiger partial charge in [0, 0.05) is 61.8 Å². The van der Waals surface area contributed by atoms with Crippen molar-refractivity contribution in [2.45, 2.75) is 26.4 Å². The van der Waals surface area contributed by atoms with E-state index in [0.717, 1.165) is 5.56 Å². The van der Waals surface area contributed by atoms with Gasteiger partial charge < -0.3 is 28.8 Å². The Kier molecular flexibility index (Phi) is 7.22. The van der Waals surface area contributed by atoms with Crippen LogP contribution in [0.15, 0.2) is 52.3 Å². The highest BCUT2D eigenvalue weighted by Gasteiger charge is 2.31. The molecule has 0 radical (unpaired) electrons. The van der Waals surface area contributed by atoms with E-state index >= 15 is 0 Å². The van der Waals surface area contributed by atoms with E-state index < -0.39 is 12.1 Å². The molecular weight excluding hydrogens is 510 g/mol. The molecule has 0 saturated carbocycles. The van der Waals surface area contributed by atoms with Gasteiger partial charge in [-0.15, -0.1) is 21.5 Å². The summed E-state index contributed by atoms with van der Waals surface area (Å²) in [5.74, 6) is 1.86. The van der Waals surface area contributed by atoms with E-state index in [-0.39, 0.29) is 18.2 Å². The molecule has 4 aromatic rings. The number of likely N-dealkylation sites (tertiary alicyclic amines) is 1. The van der Waals surface area contributed by atoms with E-state index in [1.165, 1.54) is 11.3 Å². The molecule has 1 aliphatic heterocycles. The molecule has 1 atom stereocenters. The third-order valence-electron chi connectivity index (χ3n) is 5.64. The number of carbonyl (C=O) groups is 2. The highest BCUT2D eigenvalue weighted by molar-refractivity contribution is 7.14. The van der Waals surface area contributed by atoms with E-state index in [4.69, 9.17) is 18.6 Å². The number of aromatic nitrogens is 3. The summed E-state index contributed by atoms with van der Waals surface area (Å²) in [6.45, 7) is 4.37.